The van der Waals surface area contributed by atoms with Gasteiger partial charge in [-0.15, -0.1) is 24.5 Å². The van der Waals surface area contributed by atoms with Gasteiger partial charge in [-0.1, -0.05) is 18.2 Å². The lowest BCUT2D eigenvalue weighted by molar-refractivity contribution is -0.274. The van der Waals surface area contributed by atoms with Crippen molar-refractivity contribution in [1.82, 2.24) is 10.4 Å². The highest BCUT2D eigenvalue weighted by molar-refractivity contribution is 7.11. The summed E-state index contributed by atoms with van der Waals surface area (Å²) < 4.78 is 40.5. The Morgan fingerprint density at radius 2 is 1.93 bits per heavy atom. The van der Waals surface area contributed by atoms with Crippen LogP contribution < -0.4 is 10.2 Å². The molecule has 1 amide bonds. The Hall–Kier alpha value is -3.20. The average Bonchev–Trinajstić information content (AvgIpc) is 3.14. The Bertz CT molecular complexity index is 939. The molecule has 1 aromatic carbocycles. The molecule has 0 aliphatic rings. The summed E-state index contributed by atoms with van der Waals surface area (Å²) in [5, 5.41) is 5.75. The number of hydrogen-bond donors (Lipinski definition) is 1. The molecule has 0 saturated heterocycles. The Morgan fingerprint density at radius 1 is 1.15 bits per heavy atom. The molecular weight excluding hydrogens is 379 g/mol. The number of amides is 1. The van der Waals surface area contributed by atoms with Crippen LogP contribution >= 0.6 is 11.3 Å². The third kappa shape index (κ3) is 5.38. The SMILES string of the molecule is O=C(N/N=C/c1cccs1)c1cc(-c2ccc(OC(F)(F)F)cc2)ccn1. The minimum absolute atomic E-state index is 0.131. The van der Waals surface area contributed by atoms with E-state index in [1.165, 1.54) is 54.1 Å². The van der Waals surface area contributed by atoms with Crippen molar-refractivity contribution in [3.63, 3.8) is 0 Å². The molecule has 0 atom stereocenters. The monoisotopic (exact) mass is 391 g/mol. The van der Waals surface area contributed by atoms with E-state index in [2.05, 4.69) is 20.2 Å². The highest BCUT2D eigenvalue weighted by atomic mass is 32.1. The number of aromatic nitrogens is 1. The van der Waals surface area contributed by atoms with Gasteiger partial charge in [0.2, 0.25) is 0 Å². The molecule has 5 nitrogen and oxygen atoms in total. The fraction of sp³-hybridized carbons (Fsp3) is 0.0556. The second-order valence-corrected chi connectivity index (χ2v) is 6.20. The minimum atomic E-state index is -4.74. The number of thiophene rings is 1. The first-order valence-electron chi connectivity index (χ1n) is 7.60. The molecule has 0 spiro atoms. The predicted octanol–water partition coefficient (Wildman–Crippen LogP) is 4.47. The van der Waals surface area contributed by atoms with Crippen LogP contribution in [-0.4, -0.2) is 23.5 Å². The lowest BCUT2D eigenvalue weighted by Gasteiger charge is -2.09. The van der Waals surface area contributed by atoms with Crippen LogP contribution in [0.25, 0.3) is 11.1 Å². The van der Waals surface area contributed by atoms with E-state index in [9.17, 15) is 18.0 Å². The molecule has 0 unspecified atom stereocenters. The highest BCUT2D eigenvalue weighted by Crippen LogP contribution is 2.26. The van der Waals surface area contributed by atoms with Crippen LogP contribution in [0.1, 0.15) is 15.4 Å². The normalized spacial score (nSPS) is 11.5. The number of hydrazone groups is 1. The van der Waals surface area contributed by atoms with Crippen LogP contribution in [0.3, 0.4) is 0 Å². The highest BCUT2D eigenvalue weighted by Gasteiger charge is 2.30. The number of carbonyl (C=O) groups is 1. The summed E-state index contributed by atoms with van der Waals surface area (Å²) in [6, 6.07) is 12.2. The second-order valence-electron chi connectivity index (χ2n) is 5.22. The molecular formula is C18H12F3N3O2S. The van der Waals surface area contributed by atoms with E-state index in [4.69, 9.17) is 0 Å². The van der Waals surface area contributed by atoms with Crippen molar-refractivity contribution in [1.29, 1.82) is 0 Å². The molecule has 2 heterocycles. The van der Waals surface area contributed by atoms with E-state index >= 15 is 0 Å². The van der Waals surface area contributed by atoms with Gasteiger partial charge in [0.1, 0.15) is 11.4 Å². The predicted molar refractivity (Wildman–Crippen MR) is 95.7 cm³/mol. The molecule has 0 aliphatic heterocycles. The summed E-state index contributed by atoms with van der Waals surface area (Å²) >= 11 is 1.48. The Balaban J connectivity index is 1.70. The van der Waals surface area contributed by atoms with Crippen LogP contribution in [0.2, 0.25) is 0 Å². The second kappa shape index (κ2) is 8.00. The summed E-state index contributed by atoms with van der Waals surface area (Å²) in [6.07, 6.45) is -1.79. The fourth-order valence-electron chi connectivity index (χ4n) is 2.16. The summed E-state index contributed by atoms with van der Waals surface area (Å²) in [5.41, 5.74) is 3.75. The zero-order valence-electron chi connectivity index (χ0n) is 13.6. The largest absolute Gasteiger partial charge is 0.573 e. The minimum Gasteiger partial charge on any atom is -0.406 e. The maximum absolute atomic E-state index is 12.2. The van der Waals surface area contributed by atoms with Crippen molar-refractivity contribution in [2.75, 3.05) is 0 Å². The fourth-order valence-corrected chi connectivity index (χ4v) is 2.74. The number of rotatable bonds is 5. The van der Waals surface area contributed by atoms with Crippen molar-refractivity contribution in [3.05, 3.63) is 70.7 Å². The molecule has 138 valence electrons. The molecule has 2 aromatic heterocycles. The van der Waals surface area contributed by atoms with E-state index in [0.717, 1.165) is 4.88 Å². The molecule has 0 saturated carbocycles. The lowest BCUT2D eigenvalue weighted by atomic mass is 10.1. The standard InChI is InChI=1S/C18H12F3N3O2S/c19-18(20,21)26-14-5-3-12(4-6-14)13-7-8-22-16(10-13)17(25)24-23-11-15-2-1-9-27-15/h1-11H,(H,24,25)/b23-11+. The van der Waals surface area contributed by atoms with Gasteiger partial charge in [-0.05, 0) is 46.8 Å². The van der Waals surface area contributed by atoms with Crippen molar-refractivity contribution in [2.45, 2.75) is 6.36 Å². The van der Waals surface area contributed by atoms with Gasteiger partial charge in [0, 0.05) is 11.1 Å². The molecule has 3 rings (SSSR count). The zero-order chi connectivity index (χ0) is 19.3. The van der Waals surface area contributed by atoms with Gasteiger partial charge in [-0.3, -0.25) is 9.78 Å². The van der Waals surface area contributed by atoms with Gasteiger partial charge < -0.3 is 4.74 Å². The summed E-state index contributed by atoms with van der Waals surface area (Å²) in [4.78, 5) is 17.0. The number of carbonyl (C=O) groups excluding carboxylic acids is 1. The molecule has 3 aromatic rings. The van der Waals surface area contributed by atoms with Crippen LogP contribution in [0, 0.1) is 0 Å². The van der Waals surface area contributed by atoms with Crippen molar-refractivity contribution < 1.29 is 22.7 Å². The average molecular weight is 391 g/mol. The first-order chi connectivity index (χ1) is 12.9. The van der Waals surface area contributed by atoms with Crippen LogP contribution in [-0.2, 0) is 0 Å². The zero-order valence-corrected chi connectivity index (χ0v) is 14.4. The number of hydrogen-bond acceptors (Lipinski definition) is 5. The summed E-state index contributed by atoms with van der Waals surface area (Å²) in [5.74, 6) is -0.817. The smallest absolute Gasteiger partial charge is 0.406 e. The number of benzene rings is 1. The lowest BCUT2D eigenvalue weighted by Crippen LogP contribution is -2.18. The van der Waals surface area contributed by atoms with Gasteiger partial charge in [-0.25, -0.2) is 5.43 Å². The number of halogens is 3. The van der Waals surface area contributed by atoms with Gasteiger partial charge >= 0.3 is 6.36 Å². The first-order valence-corrected chi connectivity index (χ1v) is 8.48. The third-order valence-corrected chi connectivity index (χ3v) is 4.12. The summed E-state index contributed by atoms with van der Waals surface area (Å²) in [6.45, 7) is 0. The Morgan fingerprint density at radius 3 is 2.59 bits per heavy atom. The van der Waals surface area contributed by atoms with E-state index in [0.29, 0.717) is 11.1 Å². The molecule has 9 heteroatoms. The van der Waals surface area contributed by atoms with E-state index in [-0.39, 0.29) is 11.4 Å². The van der Waals surface area contributed by atoms with Crippen LogP contribution in [0.15, 0.2) is 65.2 Å². The van der Waals surface area contributed by atoms with Gasteiger partial charge in [0.25, 0.3) is 5.91 Å². The van der Waals surface area contributed by atoms with Crippen molar-refractivity contribution in [3.8, 4) is 16.9 Å². The van der Waals surface area contributed by atoms with Gasteiger partial charge in [-0.2, -0.15) is 5.10 Å². The maximum Gasteiger partial charge on any atom is 0.573 e. The van der Waals surface area contributed by atoms with E-state index in [1.807, 2.05) is 17.5 Å². The maximum atomic E-state index is 12.2. The Labute approximate surface area is 156 Å². The quantitative estimate of drug-likeness (QED) is 0.516. The number of nitrogens with zero attached hydrogens (tertiary/aromatic N) is 2. The van der Waals surface area contributed by atoms with Crippen molar-refractivity contribution in [2.24, 2.45) is 5.10 Å². The van der Waals surface area contributed by atoms with E-state index < -0.39 is 12.3 Å². The molecule has 1 N–H and O–H groups in total. The number of nitrogens with one attached hydrogen (secondary N) is 1. The third-order valence-electron chi connectivity index (χ3n) is 3.31. The molecule has 0 bridgehead atoms. The number of ether oxygens (including phenoxy) is 1. The molecule has 0 fully saturated rings. The number of alkyl halides is 3. The van der Waals surface area contributed by atoms with Crippen molar-refractivity contribution >= 4 is 23.5 Å². The summed E-state index contributed by atoms with van der Waals surface area (Å²) in [7, 11) is 0. The van der Waals surface area contributed by atoms with Gasteiger partial charge in [0.15, 0.2) is 0 Å². The van der Waals surface area contributed by atoms with Gasteiger partial charge in [0.05, 0.1) is 6.21 Å². The topological polar surface area (TPSA) is 63.6 Å². The Kier molecular flexibility index (Phi) is 5.51. The molecule has 0 aliphatic carbocycles. The molecule has 27 heavy (non-hydrogen) atoms. The van der Waals surface area contributed by atoms with Crippen LogP contribution in [0.5, 0.6) is 5.75 Å². The van der Waals surface area contributed by atoms with E-state index in [1.54, 1.807) is 6.07 Å². The van der Waals surface area contributed by atoms with Crippen LogP contribution in [0.4, 0.5) is 13.2 Å². The first kappa shape index (κ1) is 18.6. The number of pyridine rings is 1. The molecule has 0 radical (unpaired) electrons.